The molecule has 5 heteroatoms. The van der Waals surface area contributed by atoms with Crippen molar-refractivity contribution in [2.45, 2.75) is 52.6 Å². The van der Waals surface area contributed by atoms with E-state index in [0.29, 0.717) is 12.2 Å². The van der Waals surface area contributed by atoms with E-state index in [1.165, 1.54) is 6.07 Å². The van der Waals surface area contributed by atoms with E-state index in [0.717, 1.165) is 31.5 Å². The molecule has 1 aromatic rings. The number of nitrogens with zero attached hydrogens (tertiary/aromatic N) is 2. The summed E-state index contributed by atoms with van der Waals surface area (Å²) < 4.78 is 1.90. The topological polar surface area (TPSA) is 65.7 Å². The van der Waals surface area contributed by atoms with Gasteiger partial charge in [0.2, 0.25) is 5.43 Å². The Morgan fingerprint density at radius 1 is 1.38 bits per heavy atom. The minimum atomic E-state index is -0.351. The standard InChI is InChI=1S/C16H28N2O3/c1-5-7-8-17(4)10-14-16(21)15(20)9-12(3)18(14)13(6-2)11-19/h9,13,19,21H,5-8,10-11H2,1-4H3. The molecule has 0 radical (unpaired) electrons. The molecule has 0 aliphatic heterocycles. The second-order valence-corrected chi connectivity index (χ2v) is 5.65. The molecule has 120 valence electrons. The molecule has 0 bridgehead atoms. The van der Waals surface area contributed by atoms with Gasteiger partial charge in [-0.05, 0) is 33.4 Å². The fourth-order valence-electron chi connectivity index (χ4n) is 2.61. The number of unbranched alkanes of at least 4 members (excludes halogenated alkanes) is 1. The lowest BCUT2D eigenvalue weighted by molar-refractivity contribution is 0.211. The Bertz CT molecular complexity index is 507. The SMILES string of the molecule is CCCCN(C)Cc1c(O)c(=O)cc(C)n1C(CC)CO. The Balaban J connectivity index is 3.23. The van der Waals surface area contributed by atoms with Gasteiger partial charge in [0, 0.05) is 18.3 Å². The largest absolute Gasteiger partial charge is 0.503 e. The van der Waals surface area contributed by atoms with Crippen molar-refractivity contribution in [3.63, 3.8) is 0 Å². The summed E-state index contributed by atoms with van der Waals surface area (Å²) in [4.78, 5) is 14.0. The Labute approximate surface area is 126 Å². The predicted molar refractivity (Wildman–Crippen MR) is 84.8 cm³/mol. The van der Waals surface area contributed by atoms with Crippen LogP contribution in [0.2, 0.25) is 0 Å². The van der Waals surface area contributed by atoms with E-state index in [-0.39, 0.29) is 23.8 Å². The van der Waals surface area contributed by atoms with Crippen molar-refractivity contribution in [3.05, 3.63) is 27.7 Å². The maximum atomic E-state index is 11.9. The van der Waals surface area contributed by atoms with Gasteiger partial charge in [0.05, 0.1) is 18.3 Å². The van der Waals surface area contributed by atoms with E-state index >= 15 is 0 Å². The van der Waals surface area contributed by atoms with E-state index < -0.39 is 0 Å². The molecule has 0 aliphatic carbocycles. The van der Waals surface area contributed by atoms with Crippen molar-refractivity contribution < 1.29 is 10.2 Å². The van der Waals surface area contributed by atoms with Crippen molar-refractivity contribution in [3.8, 4) is 5.75 Å². The van der Waals surface area contributed by atoms with E-state index in [9.17, 15) is 15.0 Å². The van der Waals surface area contributed by atoms with Gasteiger partial charge in [-0.25, -0.2) is 0 Å². The summed E-state index contributed by atoms with van der Waals surface area (Å²) in [5.41, 5.74) is 1.02. The van der Waals surface area contributed by atoms with Crippen LogP contribution in [0.3, 0.4) is 0 Å². The normalized spacial score (nSPS) is 12.9. The average Bonchev–Trinajstić information content (AvgIpc) is 2.46. The number of hydrogen-bond donors (Lipinski definition) is 2. The minimum Gasteiger partial charge on any atom is -0.503 e. The summed E-state index contributed by atoms with van der Waals surface area (Å²) in [5.74, 6) is -0.198. The molecule has 2 N–H and O–H groups in total. The van der Waals surface area contributed by atoms with E-state index in [1.54, 1.807) is 0 Å². The Kier molecular flexibility index (Phi) is 6.92. The zero-order valence-corrected chi connectivity index (χ0v) is 13.6. The van der Waals surface area contributed by atoms with Crippen LogP contribution in [0.5, 0.6) is 5.75 Å². The summed E-state index contributed by atoms with van der Waals surface area (Å²) in [6.07, 6.45) is 2.92. The van der Waals surface area contributed by atoms with Crippen LogP contribution in [0.4, 0.5) is 0 Å². The molecular formula is C16H28N2O3. The van der Waals surface area contributed by atoms with Crippen molar-refractivity contribution in [1.82, 2.24) is 9.47 Å². The van der Waals surface area contributed by atoms with E-state index in [4.69, 9.17) is 0 Å². The number of aliphatic hydroxyl groups is 1. The molecule has 0 aromatic carbocycles. The van der Waals surface area contributed by atoms with Gasteiger partial charge in [-0.2, -0.15) is 0 Å². The first kappa shape index (κ1) is 17.7. The average molecular weight is 296 g/mol. The summed E-state index contributed by atoms with van der Waals surface area (Å²) in [7, 11) is 1.98. The lowest BCUT2D eigenvalue weighted by Gasteiger charge is -2.27. The lowest BCUT2D eigenvalue weighted by atomic mass is 10.1. The van der Waals surface area contributed by atoms with Crippen LogP contribution in [0.25, 0.3) is 0 Å². The predicted octanol–water partition coefficient (Wildman–Crippen LogP) is 2.04. The molecule has 5 nitrogen and oxygen atoms in total. The maximum absolute atomic E-state index is 11.9. The number of aliphatic hydroxyl groups excluding tert-OH is 1. The monoisotopic (exact) mass is 296 g/mol. The number of aromatic hydroxyl groups is 1. The molecule has 0 fully saturated rings. The molecule has 0 saturated heterocycles. The molecule has 0 spiro atoms. The molecule has 1 heterocycles. The second kappa shape index (κ2) is 8.20. The maximum Gasteiger partial charge on any atom is 0.223 e. The first-order chi connectivity index (χ1) is 9.96. The van der Waals surface area contributed by atoms with E-state index in [2.05, 4.69) is 11.8 Å². The number of hydrogen-bond acceptors (Lipinski definition) is 4. The third-order valence-corrected chi connectivity index (χ3v) is 3.88. The van der Waals surface area contributed by atoms with Crippen LogP contribution in [-0.2, 0) is 6.54 Å². The quantitative estimate of drug-likeness (QED) is 0.770. The number of aromatic nitrogens is 1. The van der Waals surface area contributed by atoms with Crippen LogP contribution < -0.4 is 5.43 Å². The van der Waals surface area contributed by atoms with Gasteiger partial charge in [-0.1, -0.05) is 20.3 Å². The zero-order chi connectivity index (χ0) is 16.0. The molecular weight excluding hydrogens is 268 g/mol. The molecule has 1 rings (SSSR count). The van der Waals surface area contributed by atoms with Crippen LogP contribution in [0, 0.1) is 6.92 Å². The lowest BCUT2D eigenvalue weighted by Crippen LogP contribution is -2.28. The number of pyridine rings is 1. The fourth-order valence-corrected chi connectivity index (χ4v) is 2.61. The molecule has 21 heavy (non-hydrogen) atoms. The van der Waals surface area contributed by atoms with Crippen LogP contribution in [0.1, 0.15) is 50.5 Å². The Hall–Kier alpha value is -1.33. The van der Waals surface area contributed by atoms with Gasteiger partial charge in [-0.15, -0.1) is 0 Å². The third kappa shape index (κ3) is 4.32. The molecule has 0 amide bonds. The summed E-state index contributed by atoms with van der Waals surface area (Å²) in [5, 5.41) is 19.7. The molecule has 1 aromatic heterocycles. The van der Waals surface area contributed by atoms with Gasteiger partial charge >= 0.3 is 0 Å². The first-order valence-electron chi connectivity index (χ1n) is 7.69. The molecule has 0 saturated carbocycles. The van der Waals surface area contributed by atoms with Crippen molar-refractivity contribution in [2.75, 3.05) is 20.2 Å². The van der Waals surface area contributed by atoms with Gasteiger partial charge in [0.1, 0.15) is 0 Å². The van der Waals surface area contributed by atoms with Crippen LogP contribution in [0.15, 0.2) is 10.9 Å². The first-order valence-corrected chi connectivity index (χ1v) is 7.69. The number of aryl methyl sites for hydroxylation is 1. The van der Waals surface area contributed by atoms with Crippen LogP contribution in [-0.4, -0.2) is 39.9 Å². The second-order valence-electron chi connectivity index (χ2n) is 5.65. The Morgan fingerprint density at radius 2 is 2.05 bits per heavy atom. The highest BCUT2D eigenvalue weighted by Crippen LogP contribution is 2.23. The van der Waals surface area contributed by atoms with Gasteiger partial charge in [0.15, 0.2) is 5.75 Å². The minimum absolute atomic E-state index is 0.00861. The highest BCUT2D eigenvalue weighted by Gasteiger charge is 2.19. The van der Waals surface area contributed by atoms with Crippen molar-refractivity contribution >= 4 is 0 Å². The highest BCUT2D eigenvalue weighted by atomic mass is 16.3. The smallest absolute Gasteiger partial charge is 0.223 e. The number of rotatable bonds is 8. The molecule has 1 atom stereocenters. The zero-order valence-electron chi connectivity index (χ0n) is 13.6. The van der Waals surface area contributed by atoms with Crippen LogP contribution >= 0.6 is 0 Å². The van der Waals surface area contributed by atoms with Gasteiger partial charge in [-0.3, -0.25) is 4.79 Å². The van der Waals surface area contributed by atoms with Gasteiger partial charge < -0.3 is 19.7 Å². The molecule has 0 aliphatic rings. The van der Waals surface area contributed by atoms with E-state index in [1.807, 2.05) is 25.5 Å². The Morgan fingerprint density at radius 3 is 2.57 bits per heavy atom. The van der Waals surface area contributed by atoms with Crippen molar-refractivity contribution in [2.24, 2.45) is 0 Å². The highest BCUT2D eigenvalue weighted by molar-refractivity contribution is 5.30. The summed E-state index contributed by atoms with van der Waals surface area (Å²) >= 11 is 0. The van der Waals surface area contributed by atoms with Crippen molar-refractivity contribution in [1.29, 1.82) is 0 Å². The molecule has 1 unspecified atom stereocenters. The summed E-state index contributed by atoms with van der Waals surface area (Å²) in [6, 6.07) is 1.31. The third-order valence-electron chi connectivity index (χ3n) is 3.88. The summed E-state index contributed by atoms with van der Waals surface area (Å²) in [6.45, 7) is 7.36. The van der Waals surface area contributed by atoms with Gasteiger partial charge in [0.25, 0.3) is 0 Å². The fraction of sp³-hybridized carbons (Fsp3) is 0.688.